The van der Waals surface area contributed by atoms with E-state index in [0.717, 1.165) is 29.0 Å². The van der Waals surface area contributed by atoms with Crippen LogP contribution in [0, 0.1) is 6.92 Å². The van der Waals surface area contributed by atoms with E-state index in [1.165, 1.54) is 4.88 Å². The topological polar surface area (TPSA) is 55.6 Å². The van der Waals surface area contributed by atoms with Gasteiger partial charge in [-0.1, -0.05) is 17.8 Å². The third-order valence-corrected chi connectivity index (χ3v) is 4.73. The minimum atomic E-state index is 0.709. The summed E-state index contributed by atoms with van der Waals surface area (Å²) in [5.74, 6) is 1.82. The van der Waals surface area contributed by atoms with Crippen LogP contribution < -0.4 is 5.32 Å². The zero-order chi connectivity index (χ0) is 13.7. The summed E-state index contributed by atoms with van der Waals surface area (Å²) < 4.78 is 2.09. The van der Waals surface area contributed by atoms with Gasteiger partial charge in [-0.3, -0.25) is 0 Å². The van der Waals surface area contributed by atoms with Gasteiger partial charge in [-0.15, -0.1) is 28.1 Å². The summed E-state index contributed by atoms with van der Waals surface area (Å²) >= 11 is 3.37. The van der Waals surface area contributed by atoms with Gasteiger partial charge in [-0.05, 0) is 14.0 Å². The molecule has 0 atom stereocenters. The maximum atomic E-state index is 4.26. The maximum absolute atomic E-state index is 4.26. The first-order valence-electron chi connectivity index (χ1n) is 5.95. The average molecular weight is 295 g/mol. The number of nitrogens with zero attached hydrogens (tertiary/aromatic N) is 4. The summed E-state index contributed by atoms with van der Waals surface area (Å²) in [4.78, 5) is 5.54. The SMILES string of the molecule is C=CCn1c(CNC)nnc1SCc1scnc1C. The fourth-order valence-corrected chi connectivity index (χ4v) is 3.54. The van der Waals surface area contributed by atoms with E-state index in [1.807, 2.05) is 25.6 Å². The minimum Gasteiger partial charge on any atom is -0.313 e. The zero-order valence-electron chi connectivity index (χ0n) is 11.1. The van der Waals surface area contributed by atoms with Crippen LogP contribution in [0.15, 0.2) is 23.3 Å². The largest absolute Gasteiger partial charge is 0.313 e. The van der Waals surface area contributed by atoms with Crippen molar-refractivity contribution in [2.24, 2.45) is 0 Å². The van der Waals surface area contributed by atoms with Gasteiger partial charge in [0.2, 0.25) is 0 Å². The van der Waals surface area contributed by atoms with Crippen LogP contribution in [-0.4, -0.2) is 26.8 Å². The van der Waals surface area contributed by atoms with Crippen LogP contribution in [0.5, 0.6) is 0 Å². The molecule has 0 spiro atoms. The smallest absolute Gasteiger partial charge is 0.191 e. The van der Waals surface area contributed by atoms with Crippen LogP contribution in [0.1, 0.15) is 16.4 Å². The first-order valence-corrected chi connectivity index (χ1v) is 7.82. The molecule has 0 aliphatic carbocycles. The molecule has 0 radical (unpaired) electrons. The van der Waals surface area contributed by atoms with Gasteiger partial charge in [-0.25, -0.2) is 4.98 Å². The molecule has 0 aromatic carbocycles. The summed E-state index contributed by atoms with van der Waals surface area (Å²) in [6.45, 7) is 7.26. The number of thioether (sulfide) groups is 1. The van der Waals surface area contributed by atoms with Crippen molar-refractivity contribution in [3.05, 3.63) is 34.6 Å². The number of aromatic nitrogens is 4. The van der Waals surface area contributed by atoms with Gasteiger partial charge in [0.15, 0.2) is 5.16 Å². The lowest BCUT2D eigenvalue weighted by Crippen LogP contribution is -2.12. The van der Waals surface area contributed by atoms with Gasteiger partial charge in [0.05, 0.1) is 17.7 Å². The molecule has 19 heavy (non-hydrogen) atoms. The highest BCUT2D eigenvalue weighted by molar-refractivity contribution is 7.98. The number of hydrogen-bond acceptors (Lipinski definition) is 6. The Kier molecular flexibility index (Phi) is 5.12. The number of thiazole rings is 1. The lowest BCUT2D eigenvalue weighted by Gasteiger charge is -2.06. The summed E-state index contributed by atoms with van der Waals surface area (Å²) in [7, 11) is 1.90. The van der Waals surface area contributed by atoms with Crippen LogP contribution in [-0.2, 0) is 18.8 Å². The molecule has 0 aliphatic heterocycles. The summed E-state index contributed by atoms with van der Waals surface area (Å²) in [6, 6.07) is 0. The Bertz CT molecular complexity index is 546. The third-order valence-electron chi connectivity index (χ3n) is 2.62. The molecule has 7 heteroatoms. The first kappa shape index (κ1) is 14.2. The Morgan fingerprint density at radius 3 is 3.00 bits per heavy atom. The van der Waals surface area contributed by atoms with Crippen LogP contribution in [0.2, 0.25) is 0 Å². The standard InChI is InChI=1S/C12H17N5S2/c1-4-5-17-11(6-13-3)15-16-12(17)18-7-10-9(2)14-8-19-10/h4,8,13H,1,5-7H2,2-3H3. The number of hydrogen-bond donors (Lipinski definition) is 1. The van der Waals surface area contributed by atoms with E-state index in [1.54, 1.807) is 23.1 Å². The summed E-state index contributed by atoms with van der Waals surface area (Å²) in [5, 5.41) is 12.5. The molecule has 2 aromatic heterocycles. The molecule has 0 saturated carbocycles. The highest BCUT2D eigenvalue weighted by atomic mass is 32.2. The van der Waals surface area contributed by atoms with Gasteiger partial charge in [0, 0.05) is 17.2 Å². The van der Waals surface area contributed by atoms with E-state index in [4.69, 9.17) is 0 Å². The molecule has 0 saturated heterocycles. The molecule has 0 aliphatic rings. The van der Waals surface area contributed by atoms with E-state index in [9.17, 15) is 0 Å². The van der Waals surface area contributed by atoms with Gasteiger partial charge in [0.25, 0.3) is 0 Å². The van der Waals surface area contributed by atoms with Crippen LogP contribution in [0.25, 0.3) is 0 Å². The predicted octanol–water partition coefficient (Wildman–Crippen LogP) is 2.24. The highest BCUT2D eigenvalue weighted by Gasteiger charge is 2.12. The van der Waals surface area contributed by atoms with E-state index in [-0.39, 0.29) is 0 Å². The number of nitrogens with one attached hydrogen (secondary N) is 1. The molecule has 0 amide bonds. The molecule has 5 nitrogen and oxygen atoms in total. The lowest BCUT2D eigenvalue weighted by molar-refractivity contribution is 0.646. The minimum absolute atomic E-state index is 0.709. The molecule has 0 unspecified atom stereocenters. The molecule has 102 valence electrons. The lowest BCUT2D eigenvalue weighted by atomic mass is 10.4. The molecular formula is C12H17N5S2. The molecule has 2 rings (SSSR count). The van der Waals surface area contributed by atoms with Crippen molar-refractivity contribution in [1.82, 2.24) is 25.1 Å². The van der Waals surface area contributed by atoms with Crippen molar-refractivity contribution >= 4 is 23.1 Å². The van der Waals surface area contributed by atoms with Crippen molar-refractivity contribution in [3.8, 4) is 0 Å². The second-order valence-electron chi connectivity index (χ2n) is 3.98. The van der Waals surface area contributed by atoms with E-state index < -0.39 is 0 Å². The Labute approximate surface area is 121 Å². The number of aryl methyl sites for hydroxylation is 1. The van der Waals surface area contributed by atoms with Gasteiger partial charge < -0.3 is 9.88 Å². The monoisotopic (exact) mass is 295 g/mol. The average Bonchev–Trinajstić information content (AvgIpc) is 2.96. The number of rotatable bonds is 7. The predicted molar refractivity (Wildman–Crippen MR) is 79.4 cm³/mol. The molecule has 1 N–H and O–H groups in total. The van der Waals surface area contributed by atoms with Gasteiger partial charge in [0.1, 0.15) is 5.82 Å². The molecule has 0 bridgehead atoms. The number of allylic oxidation sites excluding steroid dienone is 1. The quantitative estimate of drug-likeness (QED) is 0.627. The van der Waals surface area contributed by atoms with Crippen LogP contribution in [0.3, 0.4) is 0 Å². The Balaban J connectivity index is 2.11. The second-order valence-corrected chi connectivity index (χ2v) is 5.86. The summed E-state index contributed by atoms with van der Waals surface area (Å²) in [6.07, 6.45) is 1.87. The second kappa shape index (κ2) is 6.83. The Morgan fingerprint density at radius 1 is 1.53 bits per heavy atom. The summed E-state index contributed by atoms with van der Waals surface area (Å²) in [5.41, 5.74) is 2.98. The Morgan fingerprint density at radius 2 is 2.37 bits per heavy atom. The van der Waals surface area contributed by atoms with Crippen molar-refractivity contribution in [2.45, 2.75) is 30.9 Å². The van der Waals surface area contributed by atoms with E-state index >= 15 is 0 Å². The molecule has 2 aromatic rings. The van der Waals surface area contributed by atoms with Crippen molar-refractivity contribution in [2.75, 3.05) is 7.05 Å². The molecular weight excluding hydrogens is 278 g/mol. The fourth-order valence-electron chi connectivity index (χ4n) is 1.62. The zero-order valence-corrected chi connectivity index (χ0v) is 12.7. The maximum Gasteiger partial charge on any atom is 0.191 e. The van der Waals surface area contributed by atoms with Gasteiger partial charge in [-0.2, -0.15) is 0 Å². The Hall–Kier alpha value is -1.18. The highest BCUT2D eigenvalue weighted by Crippen LogP contribution is 2.25. The van der Waals surface area contributed by atoms with Crippen molar-refractivity contribution < 1.29 is 0 Å². The normalized spacial score (nSPS) is 10.8. The first-order chi connectivity index (χ1) is 9.26. The van der Waals surface area contributed by atoms with Crippen molar-refractivity contribution in [3.63, 3.8) is 0 Å². The molecule has 0 fully saturated rings. The third kappa shape index (κ3) is 3.43. The van der Waals surface area contributed by atoms with Crippen molar-refractivity contribution in [1.29, 1.82) is 0 Å². The van der Waals surface area contributed by atoms with E-state index in [0.29, 0.717) is 6.54 Å². The van der Waals surface area contributed by atoms with Crippen LogP contribution >= 0.6 is 23.1 Å². The fraction of sp³-hybridized carbons (Fsp3) is 0.417. The molecule has 2 heterocycles. The van der Waals surface area contributed by atoms with Crippen LogP contribution in [0.4, 0.5) is 0 Å². The van der Waals surface area contributed by atoms with E-state index in [2.05, 4.69) is 31.6 Å². The van der Waals surface area contributed by atoms with Gasteiger partial charge >= 0.3 is 0 Å².